The number of methoxy groups -OCH3 is 1. The maximum Gasteiger partial charge on any atom is 0.328 e. The second kappa shape index (κ2) is 7.51. The molecule has 4 rings (SSSR count). The second-order valence-electron chi connectivity index (χ2n) is 9.58. The molecule has 3 saturated heterocycles. The smallest absolute Gasteiger partial charge is 0.328 e. The molecule has 0 aromatic heterocycles. The van der Waals surface area contributed by atoms with Crippen LogP contribution in [0.4, 0.5) is 9.18 Å². The lowest BCUT2D eigenvalue weighted by atomic mass is 10.0. The van der Waals surface area contributed by atoms with E-state index in [0.717, 1.165) is 0 Å². The summed E-state index contributed by atoms with van der Waals surface area (Å²) in [6, 6.07) is 4.31. The number of urea groups is 1. The van der Waals surface area contributed by atoms with Gasteiger partial charge in [0.15, 0.2) is 12.1 Å². The van der Waals surface area contributed by atoms with Crippen LogP contribution in [-0.2, 0) is 23.7 Å². The van der Waals surface area contributed by atoms with Gasteiger partial charge in [0.2, 0.25) is 0 Å². The van der Waals surface area contributed by atoms with Crippen molar-refractivity contribution in [3.05, 3.63) is 35.6 Å². The molecule has 1 unspecified atom stereocenters. The van der Waals surface area contributed by atoms with Gasteiger partial charge in [-0.15, -0.1) is 0 Å². The third-order valence-corrected chi connectivity index (χ3v) is 5.78. The number of hydrogen-bond donors (Lipinski definition) is 0. The summed E-state index contributed by atoms with van der Waals surface area (Å²) in [4.78, 5) is 29.4. The summed E-state index contributed by atoms with van der Waals surface area (Å²) in [5.74, 6) is -1.58. The van der Waals surface area contributed by atoms with E-state index in [1.165, 1.54) is 41.2 Å². The van der Waals surface area contributed by atoms with Crippen molar-refractivity contribution in [2.75, 3.05) is 13.7 Å². The number of hydrogen-bond acceptors (Lipinski definition) is 6. The lowest BCUT2D eigenvalue weighted by molar-refractivity contribution is -0.228. The molecule has 5 atom stereocenters. The first-order valence-electron chi connectivity index (χ1n) is 10.4. The summed E-state index contributed by atoms with van der Waals surface area (Å²) >= 11 is 0. The first-order valence-corrected chi connectivity index (χ1v) is 10.4. The SMILES string of the molecule is CO[C@@H]1O[C@H](CN2C(=O)N(C(C)(C)C)C(=O)C2c2ccc(F)cc2)[C@H]2OC(C)(C)O[C@@H]12. The Labute approximate surface area is 181 Å². The summed E-state index contributed by atoms with van der Waals surface area (Å²) < 4.78 is 36.8. The Hall–Kier alpha value is -2.07. The van der Waals surface area contributed by atoms with Crippen molar-refractivity contribution >= 4 is 11.9 Å². The fourth-order valence-corrected chi connectivity index (χ4v) is 4.53. The second-order valence-corrected chi connectivity index (χ2v) is 9.58. The van der Waals surface area contributed by atoms with E-state index in [9.17, 15) is 14.0 Å². The first kappa shape index (κ1) is 22.1. The number of ether oxygens (including phenoxy) is 4. The molecule has 0 spiro atoms. The summed E-state index contributed by atoms with van der Waals surface area (Å²) in [5, 5.41) is 0. The third kappa shape index (κ3) is 3.84. The van der Waals surface area contributed by atoms with Crippen molar-refractivity contribution in [1.29, 1.82) is 0 Å². The molecule has 170 valence electrons. The lowest BCUT2D eigenvalue weighted by Crippen LogP contribution is -2.47. The van der Waals surface area contributed by atoms with Crippen LogP contribution in [0.5, 0.6) is 0 Å². The maximum absolute atomic E-state index is 13.5. The predicted molar refractivity (Wildman–Crippen MR) is 107 cm³/mol. The zero-order chi connectivity index (χ0) is 22.7. The molecule has 3 amide bonds. The van der Waals surface area contributed by atoms with Gasteiger partial charge in [0.1, 0.15) is 30.2 Å². The summed E-state index contributed by atoms with van der Waals surface area (Å²) in [6.45, 7) is 9.11. The number of imide groups is 1. The van der Waals surface area contributed by atoms with E-state index in [0.29, 0.717) is 5.56 Å². The van der Waals surface area contributed by atoms with Crippen LogP contribution in [0.15, 0.2) is 24.3 Å². The molecule has 3 fully saturated rings. The van der Waals surface area contributed by atoms with Gasteiger partial charge in [0.05, 0.1) is 6.54 Å². The molecule has 8 nitrogen and oxygen atoms in total. The predicted octanol–water partition coefficient (Wildman–Crippen LogP) is 2.82. The third-order valence-electron chi connectivity index (χ3n) is 5.78. The normalized spacial score (nSPS) is 32.8. The van der Waals surface area contributed by atoms with Gasteiger partial charge in [-0.05, 0) is 52.3 Å². The Morgan fingerprint density at radius 3 is 2.29 bits per heavy atom. The van der Waals surface area contributed by atoms with E-state index in [4.69, 9.17) is 18.9 Å². The molecule has 31 heavy (non-hydrogen) atoms. The Balaban J connectivity index is 1.66. The van der Waals surface area contributed by atoms with Crippen LogP contribution in [0.2, 0.25) is 0 Å². The van der Waals surface area contributed by atoms with Gasteiger partial charge >= 0.3 is 6.03 Å². The van der Waals surface area contributed by atoms with Crippen LogP contribution in [0.25, 0.3) is 0 Å². The number of carbonyl (C=O) groups is 2. The van der Waals surface area contributed by atoms with E-state index in [1.807, 2.05) is 13.8 Å². The van der Waals surface area contributed by atoms with Gasteiger partial charge in [-0.2, -0.15) is 0 Å². The fourth-order valence-electron chi connectivity index (χ4n) is 4.53. The number of nitrogens with zero attached hydrogens (tertiary/aromatic N) is 2. The van der Waals surface area contributed by atoms with Crippen LogP contribution >= 0.6 is 0 Å². The summed E-state index contributed by atoms with van der Waals surface area (Å²) in [5.41, 5.74) is -0.183. The molecule has 9 heteroatoms. The molecule has 3 heterocycles. The monoisotopic (exact) mass is 436 g/mol. The molecule has 0 bridgehead atoms. The molecular weight excluding hydrogens is 407 g/mol. The van der Waals surface area contributed by atoms with Gasteiger partial charge in [0, 0.05) is 12.6 Å². The standard InChI is InChI=1S/C22H29FN2O6/c1-21(2,3)25-18(26)15(12-7-9-13(23)10-8-12)24(20(25)27)11-14-16-17(19(28-6)29-14)31-22(4,5)30-16/h7-10,14-17,19H,11H2,1-6H3/t14-,15?,16-,17-,19-/m1/s1. The number of fused-ring (bicyclic) bond motifs is 1. The van der Waals surface area contributed by atoms with Crippen LogP contribution in [0.3, 0.4) is 0 Å². The van der Waals surface area contributed by atoms with Crippen LogP contribution in [0.1, 0.15) is 46.2 Å². The highest BCUT2D eigenvalue weighted by atomic mass is 19.1. The Morgan fingerprint density at radius 1 is 1.10 bits per heavy atom. The highest BCUT2D eigenvalue weighted by molar-refractivity contribution is 6.05. The Bertz CT molecular complexity index is 868. The highest BCUT2D eigenvalue weighted by Gasteiger charge is 2.58. The average Bonchev–Trinajstić information content (AvgIpc) is 3.23. The van der Waals surface area contributed by atoms with E-state index >= 15 is 0 Å². The Morgan fingerprint density at radius 2 is 1.71 bits per heavy atom. The maximum atomic E-state index is 13.5. The van der Waals surface area contributed by atoms with Crippen molar-refractivity contribution in [3.8, 4) is 0 Å². The summed E-state index contributed by atoms with van der Waals surface area (Å²) in [6.07, 6.45) is -2.11. The van der Waals surface area contributed by atoms with Crippen molar-refractivity contribution < 1.29 is 32.9 Å². The van der Waals surface area contributed by atoms with E-state index in [-0.39, 0.29) is 12.5 Å². The number of benzene rings is 1. The molecule has 0 aliphatic carbocycles. The van der Waals surface area contributed by atoms with Crippen LogP contribution in [0, 0.1) is 5.82 Å². The Kier molecular flexibility index (Phi) is 5.36. The van der Waals surface area contributed by atoms with Crippen molar-refractivity contribution in [3.63, 3.8) is 0 Å². The van der Waals surface area contributed by atoms with Gasteiger partial charge in [0.25, 0.3) is 5.91 Å². The van der Waals surface area contributed by atoms with E-state index < -0.39 is 53.8 Å². The molecule has 0 N–H and O–H groups in total. The summed E-state index contributed by atoms with van der Waals surface area (Å²) in [7, 11) is 1.52. The molecule has 0 saturated carbocycles. The van der Waals surface area contributed by atoms with E-state index in [1.54, 1.807) is 20.8 Å². The molecule has 0 radical (unpaired) electrons. The largest absolute Gasteiger partial charge is 0.353 e. The molecular formula is C22H29FN2O6. The van der Waals surface area contributed by atoms with Crippen molar-refractivity contribution in [2.24, 2.45) is 0 Å². The zero-order valence-corrected chi connectivity index (χ0v) is 18.6. The number of rotatable bonds is 4. The van der Waals surface area contributed by atoms with Gasteiger partial charge in [-0.25, -0.2) is 9.18 Å². The highest BCUT2D eigenvalue weighted by Crippen LogP contribution is 2.41. The molecule has 1 aromatic rings. The quantitative estimate of drug-likeness (QED) is 0.676. The van der Waals surface area contributed by atoms with Gasteiger partial charge in [-0.1, -0.05) is 12.1 Å². The van der Waals surface area contributed by atoms with Crippen molar-refractivity contribution in [1.82, 2.24) is 9.80 Å². The average molecular weight is 436 g/mol. The van der Waals surface area contributed by atoms with Gasteiger partial charge < -0.3 is 23.8 Å². The fraction of sp³-hybridized carbons (Fsp3) is 0.636. The minimum Gasteiger partial charge on any atom is -0.353 e. The molecule has 3 aliphatic rings. The molecule has 1 aromatic carbocycles. The number of amides is 3. The molecule has 3 aliphatic heterocycles. The van der Waals surface area contributed by atoms with Crippen LogP contribution in [-0.4, -0.2) is 71.3 Å². The number of carbonyl (C=O) groups excluding carboxylic acids is 2. The lowest BCUT2D eigenvalue weighted by Gasteiger charge is -2.30. The minimum atomic E-state index is -0.883. The van der Waals surface area contributed by atoms with Crippen molar-refractivity contribution in [2.45, 2.75) is 76.6 Å². The minimum absolute atomic E-state index is 0.0969. The topological polar surface area (TPSA) is 77.5 Å². The zero-order valence-electron chi connectivity index (χ0n) is 18.6. The van der Waals surface area contributed by atoms with Gasteiger partial charge in [-0.3, -0.25) is 9.69 Å². The first-order chi connectivity index (χ1) is 14.4. The number of halogens is 1. The van der Waals surface area contributed by atoms with E-state index in [2.05, 4.69) is 0 Å². The van der Waals surface area contributed by atoms with Crippen LogP contribution < -0.4 is 0 Å².